The molecule has 0 fully saturated rings. The maximum absolute atomic E-state index is 5.64. The molecule has 0 saturated carbocycles. The number of hydrogen-bond acceptors (Lipinski definition) is 1. The van der Waals surface area contributed by atoms with Gasteiger partial charge in [0.1, 0.15) is 3.70 Å². The van der Waals surface area contributed by atoms with Crippen molar-refractivity contribution in [2.75, 3.05) is 0 Å². The molecule has 1 nitrogen and oxygen atoms in total. The average Bonchev–Trinajstić information content (AvgIpc) is 1.85. The van der Waals surface area contributed by atoms with E-state index in [0.717, 1.165) is 15.0 Å². The monoisotopic (exact) mass is 267 g/mol. The summed E-state index contributed by atoms with van der Waals surface area (Å²) in [5.74, 6) is 0.569. The maximum atomic E-state index is 5.64. The summed E-state index contributed by atoms with van der Waals surface area (Å²) >= 11 is 7.82. The normalized spacial score (nSPS) is 9.90. The van der Waals surface area contributed by atoms with E-state index in [2.05, 4.69) is 27.6 Å². The van der Waals surface area contributed by atoms with Crippen molar-refractivity contribution in [3.63, 3.8) is 0 Å². The van der Waals surface area contributed by atoms with Crippen LogP contribution in [0.5, 0.6) is 0 Å². The second-order valence-corrected chi connectivity index (χ2v) is 3.45. The van der Waals surface area contributed by atoms with Crippen LogP contribution in [0.15, 0.2) is 12.1 Å². The Balaban J connectivity index is 3.06. The van der Waals surface area contributed by atoms with Crippen LogP contribution in [-0.4, -0.2) is 4.98 Å². The van der Waals surface area contributed by atoms with Gasteiger partial charge in [-0.2, -0.15) is 0 Å². The summed E-state index contributed by atoms with van der Waals surface area (Å²) in [4.78, 5) is 4.21. The smallest absolute Gasteiger partial charge is 0.101 e. The Morgan fingerprint density at radius 1 is 1.60 bits per heavy atom. The molecule has 0 aliphatic carbocycles. The highest BCUT2D eigenvalue weighted by molar-refractivity contribution is 14.1. The Morgan fingerprint density at radius 3 is 2.80 bits per heavy atom. The molecule has 0 N–H and O–H groups in total. The SMILES string of the molecule is Cc1cc(CCl)cc(I)n1. The minimum Gasteiger partial charge on any atom is -0.247 e. The van der Waals surface area contributed by atoms with Gasteiger partial charge in [-0.05, 0) is 47.2 Å². The first-order chi connectivity index (χ1) is 4.72. The molecular weight excluding hydrogens is 260 g/mol. The molecular formula is C7H7ClIN. The van der Waals surface area contributed by atoms with Gasteiger partial charge in [-0.3, -0.25) is 0 Å². The van der Waals surface area contributed by atoms with Crippen molar-refractivity contribution >= 4 is 34.2 Å². The van der Waals surface area contributed by atoms with E-state index in [1.165, 1.54) is 0 Å². The summed E-state index contributed by atoms with van der Waals surface area (Å²) in [6.07, 6.45) is 0. The number of aryl methyl sites for hydroxylation is 1. The fraction of sp³-hybridized carbons (Fsp3) is 0.286. The molecule has 3 heteroatoms. The van der Waals surface area contributed by atoms with Crippen molar-refractivity contribution in [3.05, 3.63) is 27.1 Å². The summed E-state index contributed by atoms with van der Waals surface area (Å²) in [7, 11) is 0. The van der Waals surface area contributed by atoms with Crippen molar-refractivity contribution < 1.29 is 0 Å². The lowest BCUT2D eigenvalue weighted by molar-refractivity contribution is 1.13. The third-order valence-corrected chi connectivity index (χ3v) is 2.00. The molecule has 0 spiro atoms. The molecule has 0 bridgehead atoms. The zero-order valence-electron chi connectivity index (χ0n) is 5.56. The van der Waals surface area contributed by atoms with Gasteiger partial charge in [-0.15, -0.1) is 11.6 Å². The highest BCUT2D eigenvalue weighted by Crippen LogP contribution is 2.09. The molecule has 1 aromatic heterocycles. The first-order valence-corrected chi connectivity index (χ1v) is 4.52. The second-order valence-electron chi connectivity index (χ2n) is 2.07. The van der Waals surface area contributed by atoms with Crippen LogP contribution >= 0.6 is 34.2 Å². The predicted octanol–water partition coefficient (Wildman–Crippen LogP) is 2.73. The number of aromatic nitrogens is 1. The number of rotatable bonds is 1. The van der Waals surface area contributed by atoms with E-state index in [9.17, 15) is 0 Å². The molecule has 1 rings (SSSR count). The molecule has 0 aliphatic rings. The van der Waals surface area contributed by atoms with Crippen LogP contribution in [0.3, 0.4) is 0 Å². The van der Waals surface area contributed by atoms with Gasteiger partial charge >= 0.3 is 0 Å². The van der Waals surface area contributed by atoms with E-state index < -0.39 is 0 Å². The maximum Gasteiger partial charge on any atom is 0.101 e. The minimum absolute atomic E-state index is 0.569. The van der Waals surface area contributed by atoms with Gasteiger partial charge in [0.15, 0.2) is 0 Å². The van der Waals surface area contributed by atoms with Gasteiger partial charge < -0.3 is 0 Å². The lowest BCUT2D eigenvalue weighted by Gasteiger charge is -1.97. The molecule has 10 heavy (non-hydrogen) atoms. The fourth-order valence-electron chi connectivity index (χ4n) is 0.773. The van der Waals surface area contributed by atoms with E-state index in [1.54, 1.807) is 0 Å². The van der Waals surface area contributed by atoms with Crippen LogP contribution in [0, 0.1) is 10.6 Å². The van der Waals surface area contributed by atoms with Crippen LogP contribution in [0.4, 0.5) is 0 Å². The highest BCUT2D eigenvalue weighted by Gasteiger charge is 1.94. The molecule has 0 atom stereocenters. The van der Waals surface area contributed by atoms with Gasteiger partial charge in [-0.25, -0.2) is 4.98 Å². The van der Waals surface area contributed by atoms with Crippen LogP contribution in [0.25, 0.3) is 0 Å². The Labute approximate surface area is 78.9 Å². The van der Waals surface area contributed by atoms with Crippen LogP contribution in [0.2, 0.25) is 0 Å². The van der Waals surface area contributed by atoms with Crippen molar-refractivity contribution in [3.8, 4) is 0 Å². The molecule has 0 amide bonds. The summed E-state index contributed by atoms with van der Waals surface area (Å²) < 4.78 is 1.01. The molecule has 54 valence electrons. The summed E-state index contributed by atoms with van der Waals surface area (Å²) in [6.45, 7) is 1.97. The van der Waals surface area contributed by atoms with E-state index in [0.29, 0.717) is 5.88 Å². The van der Waals surface area contributed by atoms with Gasteiger partial charge in [0.25, 0.3) is 0 Å². The van der Waals surface area contributed by atoms with Crippen molar-refractivity contribution in [2.45, 2.75) is 12.8 Å². The Morgan fingerprint density at radius 2 is 2.30 bits per heavy atom. The third-order valence-electron chi connectivity index (χ3n) is 1.14. The molecule has 0 unspecified atom stereocenters. The topological polar surface area (TPSA) is 12.9 Å². The predicted molar refractivity (Wildman–Crippen MR) is 51.2 cm³/mol. The van der Waals surface area contributed by atoms with Crippen molar-refractivity contribution in [1.82, 2.24) is 4.98 Å². The largest absolute Gasteiger partial charge is 0.247 e. The van der Waals surface area contributed by atoms with E-state index in [-0.39, 0.29) is 0 Å². The quantitative estimate of drug-likeness (QED) is 0.433. The van der Waals surface area contributed by atoms with Crippen LogP contribution in [0.1, 0.15) is 11.3 Å². The first-order valence-electron chi connectivity index (χ1n) is 2.91. The third kappa shape index (κ3) is 2.09. The molecule has 0 aliphatic heterocycles. The Hall–Kier alpha value is 0.170. The number of alkyl halides is 1. The van der Waals surface area contributed by atoms with Crippen LogP contribution < -0.4 is 0 Å². The lowest BCUT2D eigenvalue weighted by Crippen LogP contribution is -1.88. The van der Waals surface area contributed by atoms with Crippen molar-refractivity contribution in [2.24, 2.45) is 0 Å². The minimum atomic E-state index is 0.569. The van der Waals surface area contributed by atoms with Gasteiger partial charge in [0, 0.05) is 11.6 Å². The molecule has 1 heterocycles. The van der Waals surface area contributed by atoms with Crippen LogP contribution in [-0.2, 0) is 5.88 Å². The zero-order valence-corrected chi connectivity index (χ0v) is 8.48. The van der Waals surface area contributed by atoms with E-state index >= 15 is 0 Å². The zero-order chi connectivity index (χ0) is 7.56. The lowest BCUT2D eigenvalue weighted by atomic mass is 10.2. The Kier molecular flexibility index (Phi) is 2.92. The second kappa shape index (κ2) is 3.53. The number of hydrogen-bond donors (Lipinski definition) is 0. The summed E-state index contributed by atoms with van der Waals surface area (Å²) in [6, 6.07) is 3.98. The Bertz CT molecular complexity index is 217. The van der Waals surface area contributed by atoms with Gasteiger partial charge in [0.05, 0.1) is 0 Å². The fourth-order valence-corrected chi connectivity index (χ4v) is 1.71. The molecule has 0 radical (unpaired) electrons. The first kappa shape index (κ1) is 8.27. The van der Waals surface area contributed by atoms with E-state index in [4.69, 9.17) is 11.6 Å². The number of nitrogens with zero attached hydrogens (tertiary/aromatic N) is 1. The average molecular weight is 267 g/mol. The number of halogens is 2. The number of pyridine rings is 1. The molecule has 0 aromatic carbocycles. The standard InChI is InChI=1S/C7H7ClIN/c1-5-2-6(4-8)3-7(9)10-5/h2-3H,4H2,1H3. The van der Waals surface area contributed by atoms with Gasteiger partial charge in [0.2, 0.25) is 0 Å². The summed E-state index contributed by atoms with van der Waals surface area (Å²) in [5.41, 5.74) is 2.17. The van der Waals surface area contributed by atoms with Crippen molar-refractivity contribution in [1.29, 1.82) is 0 Å². The van der Waals surface area contributed by atoms with E-state index in [1.807, 2.05) is 19.1 Å². The summed E-state index contributed by atoms with van der Waals surface area (Å²) in [5, 5.41) is 0. The molecule has 1 aromatic rings. The molecule has 0 saturated heterocycles. The highest BCUT2D eigenvalue weighted by atomic mass is 127. The van der Waals surface area contributed by atoms with Gasteiger partial charge in [-0.1, -0.05) is 0 Å².